The number of benzene rings is 3. The first kappa shape index (κ1) is 22.7. The van der Waals surface area contributed by atoms with Gasteiger partial charge in [0.2, 0.25) is 15.9 Å². The minimum Gasteiger partial charge on any atom is -0.325 e. The zero-order chi connectivity index (χ0) is 22.6. The van der Waals surface area contributed by atoms with Gasteiger partial charge in [-0.15, -0.1) is 0 Å². The zero-order valence-electron chi connectivity index (χ0n) is 17.7. The second-order valence-electron chi connectivity index (χ2n) is 7.60. The maximum atomic E-state index is 14.2. The number of hydrogen-bond acceptors (Lipinski definition) is 3. The fourth-order valence-corrected chi connectivity index (χ4v) is 4.68. The second kappa shape index (κ2) is 9.41. The molecule has 0 saturated carbocycles. The molecule has 3 aromatic rings. The van der Waals surface area contributed by atoms with Crippen LogP contribution >= 0.6 is 0 Å². The van der Waals surface area contributed by atoms with Crippen LogP contribution in [0.2, 0.25) is 0 Å². The Balaban J connectivity index is 1.90. The van der Waals surface area contributed by atoms with Gasteiger partial charge in [0.1, 0.15) is 5.82 Å². The van der Waals surface area contributed by atoms with Crippen molar-refractivity contribution in [3.8, 4) is 0 Å². The molecule has 0 bridgehead atoms. The topological polar surface area (TPSA) is 66.5 Å². The van der Waals surface area contributed by atoms with Crippen LogP contribution in [0.4, 0.5) is 10.1 Å². The molecular formula is C24H25FN2O3S. The van der Waals surface area contributed by atoms with Crippen molar-refractivity contribution >= 4 is 21.6 Å². The Kier molecular flexibility index (Phi) is 6.87. The van der Waals surface area contributed by atoms with Crippen molar-refractivity contribution < 1.29 is 17.6 Å². The summed E-state index contributed by atoms with van der Waals surface area (Å²) < 4.78 is 41.8. The average molecular weight is 441 g/mol. The average Bonchev–Trinajstić information content (AvgIpc) is 2.68. The van der Waals surface area contributed by atoms with E-state index in [0.29, 0.717) is 5.69 Å². The van der Waals surface area contributed by atoms with E-state index in [0.717, 1.165) is 21.0 Å². The first-order chi connectivity index (χ1) is 14.6. The number of nitrogens with zero attached hydrogens (tertiary/aromatic N) is 1. The van der Waals surface area contributed by atoms with Gasteiger partial charge in [-0.3, -0.25) is 4.79 Å². The maximum absolute atomic E-state index is 14.2. The van der Waals surface area contributed by atoms with Gasteiger partial charge in [-0.2, -0.15) is 4.31 Å². The van der Waals surface area contributed by atoms with Gasteiger partial charge in [0, 0.05) is 17.8 Å². The van der Waals surface area contributed by atoms with Crippen LogP contribution < -0.4 is 5.32 Å². The molecule has 31 heavy (non-hydrogen) atoms. The molecule has 0 radical (unpaired) electrons. The third-order valence-electron chi connectivity index (χ3n) is 4.79. The lowest BCUT2D eigenvalue weighted by Crippen LogP contribution is -2.37. The van der Waals surface area contributed by atoms with Crippen LogP contribution in [0.5, 0.6) is 0 Å². The molecular weight excluding hydrogens is 415 g/mol. The normalized spacial score (nSPS) is 11.5. The summed E-state index contributed by atoms with van der Waals surface area (Å²) in [5, 5.41) is 2.75. The summed E-state index contributed by atoms with van der Waals surface area (Å²) in [4.78, 5) is 12.8. The van der Waals surface area contributed by atoms with Crippen LogP contribution in [0.15, 0.2) is 71.6 Å². The quantitative estimate of drug-likeness (QED) is 0.585. The van der Waals surface area contributed by atoms with Crippen molar-refractivity contribution in [3.05, 3.63) is 94.8 Å². The summed E-state index contributed by atoms with van der Waals surface area (Å²) in [6.45, 7) is 4.97. The van der Waals surface area contributed by atoms with Crippen LogP contribution in [-0.2, 0) is 21.4 Å². The highest BCUT2D eigenvalue weighted by Crippen LogP contribution is 2.21. The van der Waals surface area contributed by atoms with Gasteiger partial charge in [-0.25, -0.2) is 12.8 Å². The summed E-state index contributed by atoms with van der Waals surface area (Å²) in [7, 11) is -4.03. The van der Waals surface area contributed by atoms with Crippen molar-refractivity contribution in [1.82, 2.24) is 4.31 Å². The second-order valence-corrected chi connectivity index (χ2v) is 9.54. The zero-order valence-corrected chi connectivity index (χ0v) is 18.5. The van der Waals surface area contributed by atoms with Crippen molar-refractivity contribution in [2.24, 2.45) is 0 Å². The van der Waals surface area contributed by atoms with Gasteiger partial charge >= 0.3 is 0 Å². The Morgan fingerprint density at radius 1 is 0.903 bits per heavy atom. The highest BCUT2D eigenvalue weighted by atomic mass is 32.2. The lowest BCUT2D eigenvalue weighted by atomic mass is 10.1. The predicted octanol–water partition coefficient (Wildman–Crippen LogP) is 4.58. The van der Waals surface area contributed by atoms with E-state index in [9.17, 15) is 17.6 Å². The molecule has 0 aliphatic heterocycles. The molecule has 5 nitrogen and oxygen atoms in total. The fourth-order valence-electron chi connectivity index (χ4n) is 3.31. The first-order valence-electron chi connectivity index (χ1n) is 9.83. The Hall–Kier alpha value is -3.03. The maximum Gasteiger partial charge on any atom is 0.243 e. The highest BCUT2D eigenvalue weighted by Gasteiger charge is 2.27. The summed E-state index contributed by atoms with van der Waals surface area (Å²) >= 11 is 0. The van der Waals surface area contributed by atoms with Crippen LogP contribution in [0.3, 0.4) is 0 Å². The third-order valence-corrected chi connectivity index (χ3v) is 6.59. The first-order valence-corrected chi connectivity index (χ1v) is 11.3. The number of halogens is 1. The molecule has 3 aromatic carbocycles. The van der Waals surface area contributed by atoms with Gasteiger partial charge in [-0.05, 0) is 62.2 Å². The molecule has 0 aliphatic rings. The third kappa shape index (κ3) is 5.77. The predicted molar refractivity (Wildman–Crippen MR) is 120 cm³/mol. The smallest absolute Gasteiger partial charge is 0.243 e. The van der Waals surface area contributed by atoms with E-state index in [4.69, 9.17) is 0 Å². The van der Waals surface area contributed by atoms with Gasteiger partial charge < -0.3 is 5.32 Å². The van der Waals surface area contributed by atoms with Gasteiger partial charge in [0.05, 0.1) is 11.4 Å². The summed E-state index contributed by atoms with van der Waals surface area (Å²) in [5.41, 5.74) is 3.64. The Morgan fingerprint density at radius 3 is 2.13 bits per heavy atom. The number of carbonyl (C=O) groups is 1. The summed E-state index contributed by atoms with van der Waals surface area (Å²) in [5.74, 6) is -1.03. The molecule has 162 valence electrons. The van der Waals surface area contributed by atoms with Crippen LogP contribution in [0, 0.1) is 26.6 Å². The van der Waals surface area contributed by atoms with E-state index < -0.39 is 28.3 Å². The van der Waals surface area contributed by atoms with Crippen LogP contribution in [0.1, 0.15) is 22.3 Å². The number of rotatable bonds is 7. The molecule has 0 spiro atoms. The van der Waals surface area contributed by atoms with E-state index in [1.54, 1.807) is 30.3 Å². The number of nitrogens with one attached hydrogen (secondary N) is 1. The Labute approximate surface area is 182 Å². The molecule has 0 unspecified atom stereocenters. The van der Waals surface area contributed by atoms with Crippen LogP contribution in [0.25, 0.3) is 0 Å². The lowest BCUT2D eigenvalue weighted by molar-refractivity contribution is -0.116. The molecule has 0 atom stereocenters. The molecule has 0 aromatic heterocycles. The number of anilines is 1. The Bertz CT molecular complexity index is 1170. The number of amides is 1. The van der Waals surface area contributed by atoms with E-state index in [1.165, 1.54) is 30.3 Å². The van der Waals surface area contributed by atoms with Gasteiger partial charge in [0.15, 0.2) is 0 Å². The minimum atomic E-state index is -4.03. The number of aryl methyl sites for hydroxylation is 3. The van der Waals surface area contributed by atoms with E-state index in [-0.39, 0.29) is 17.0 Å². The summed E-state index contributed by atoms with van der Waals surface area (Å²) in [6.07, 6.45) is 0. The van der Waals surface area contributed by atoms with Gasteiger partial charge in [-0.1, -0.05) is 42.0 Å². The standard InChI is InChI=1S/C24H25FN2O3S/c1-17-8-10-22(11-9-17)31(29,30)27(15-20-6-4-5-7-23(20)25)16-24(28)26-21-13-18(2)12-19(3)14-21/h4-14H,15-16H2,1-3H3,(H,26,28). The van der Waals surface area contributed by atoms with E-state index in [2.05, 4.69) is 5.32 Å². The number of hydrogen-bond donors (Lipinski definition) is 1. The lowest BCUT2D eigenvalue weighted by Gasteiger charge is -2.22. The number of carbonyl (C=O) groups excluding carboxylic acids is 1. The van der Waals surface area contributed by atoms with Crippen molar-refractivity contribution in [2.75, 3.05) is 11.9 Å². The Morgan fingerprint density at radius 2 is 1.52 bits per heavy atom. The molecule has 0 aliphatic carbocycles. The molecule has 3 rings (SSSR count). The van der Waals surface area contributed by atoms with E-state index in [1.807, 2.05) is 26.8 Å². The molecule has 1 N–H and O–H groups in total. The molecule has 7 heteroatoms. The monoisotopic (exact) mass is 440 g/mol. The van der Waals surface area contributed by atoms with E-state index >= 15 is 0 Å². The molecule has 0 saturated heterocycles. The van der Waals surface area contributed by atoms with Crippen LogP contribution in [-0.4, -0.2) is 25.2 Å². The molecule has 1 amide bonds. The number of sulfonamides is 1. The largest absolute Gasteiger partial charge is 0.325 e. The molecule has 0 fully saturated rings. The SMILES string of the molecule is Cc1ccc(S(=O)(=O)N(CC(=O)Nc2cc(C)cc(C)c2)Cc2ccccc2F)cc1. The van der Waals surface area contributed by atoms with Crippen molar-refractivity contribution in [2.45, 2.75) is 32.2 Å². The van der Waals surface area contributed by atoms with Gasteiger partial charge in [0.25, 0.3) is 0 Å². The summed E-state index contributed by atoms with van der Waals surface area (Å²) in [6, 6.07) is 17.9. The fraction of sp³-hybridized carbons (Fsp3) is 0.208. The van der Waals surface area contributed by atoms with Crippen molar-refractivity contribution in [3.63, 3.8) is 0 Å². The minimum absolute atomic E-state index is 0.0497. The molecule has 0 heterocycles. The highest BCUT2D eigenvalue weighted by molar-refractivity contribution is 7.89. The van der Waals surface area contributed by atoms with Crippen molar-refractivity contribution in [1.29, 1.82) is 0 Å².